The average Bonchev–Trinajstić information content (AvgIpc) is 3.02. The van der Waals surface area contributed by atoms with Crippen molar-refractivity contribution >= 4 is 10.9 Å². The standard InChI is InChI=1S/C21H24N2O/c1-24-18-8-6-16(7-9-18)14-23-15-20(17-10-12-22-13-11-17)19-4-2-3-5-21(19)23/h2-9,15,17,22H,10-14H2,1H3. The van der Waals surface area contributed by atoms with Crippen LogP contribution in [-0.2, 0) is 6.54 Å². The third-order valence-electron chi connectivity index (χ3n) is 5.11. The molecule has 1 aromatic heterocycles. The van der Waals surface area contributed by atoms with E-state index in [0.29, 0.717) is 5.92 Å². The Morgan fingerprint density at radius 1 is 1.04 bits per heavy atom. The van der Waals surface area contributed by atoms with Gasteiger partial charge in [-0.05, 0) is 61.2 Å². The van der Waals surface area contributed by atoms with E-state index in [2.05, 4.69) is 52.5 Å². The SMILES string of the molecule is COc1ccc(Cn2cc(C3CCNCC3)c3ccccc32)cc1. The summed E-state index contributed by atoms with van der Waals surface area (Å²) in [6, 6.07) is 17.2. The molecule has 0 bridgehead atoms. The number of ether oxygens (including phenoxy) is 1. The highest BCUT2D eigenvalue weighted by molar-refractivity contribution is 5.84. The first-order chi connectivity index (χ1) is 11.8. The van der Waals surface area contributed by atoms with E-state index in [4.69, 9.17) is 4.74 Å². The third kappa shape index (κ3) is 2.92. The molecule has 2 heterocycles. The van der Waals surface area contributed by atoms with Crippen LogP contribution < -0.4 is 10.1 Å². The second-order valence-electron chi connectivity index (χ2n) is 6.60. The topological polar surface area (TPSA) is 26.2 Å². The van der Waals surface area contributed by atoms with Crippen LogP contribution in [0, 0.1) is 0 Å². The zero-order chi connectivity index (χ0) is 16.4. The summed E-state index contributed by atoms with van der Waals surface area (Å²) in [7, 11) is 1.71. The Balaban J connectivity index is 1.69. The lowest BCUT2D eigenvalue weighted by Crippen LogP contribution is -2.26. The van der Waals surface area contributed by atoms with Gasteiger partial charge in [-0.2, -0.15) is 0 Å². The average molecular weight is 320 g/mol. The van der Waals surface area contributed by atoms with Gasteiger partial charge >= 0.3 is 0 Å². The highest BCUT2D eigenvalue weighted by atomic mass is 16.5. The summed E-state index contributed by atoms with van der Waals surface area (Å²) in [4.78, 5) is 0. The Labute approximate surface area is 143 Å². The van der Waals surface area contributed by atoms with Crippen molar-refractivity contribution in [3.63, 3.8) is 0 Å². The molecule has 1 N–H and O–H groups in total. The molecule has 0 unspecified atom stereocenters. The van der Waals surface area contributed by atoms with Gasteiger partial charge in [0.1, 0.15) is 5.75 Å². The molecule has 0 radical (unpaired) electrons. The highest BCUT2D eigenvalue weighted by Crippen LogP contribution is 2.33. The first-order valence-corrected chi connectivity index (χ1v) is 8.76. The van der Waals surface area contributed by atoms with Gasteiger partial charge in [-0.1, -0.05) is 30.3 Å². The number of hydrogen-bond acceptors (Lipinski definition) is 2. The van der Waals surface area contributed by atoms with Crippen molar-refractivity contribution in [1.82, 2.24) is 9.88 Å². The summed E-state index contributed by atoms with van der Waals surface area (Å²) < 4.78 is 7.66. The molecule has 0 atom stereocenters. The van der Waals surface area contributed by atoms with E-state index in [-0.39, 0.29) is 0 Å². The van der Waals surface area contributed by atoms with Crippen molar-refractivity contribution in [2.45, 2.75) is 25.3 Å². The maximum Gasteiger partial charge on any atom is 0.118 e. The maximum absolute atomic E-state index is 5.26. The van der Waals surface area contributed by atoms with Crippen molar-refractivity contribution in [1.29, 1.82) is 0 Å². The number of hydrogen-bond donors (Lipinski definition) is 1. The lowest BCUT2D eigenvalue weighted by Gasteiger charge is -2.22. The van der Waals surface area contributed by atoms with Gasteiger partial charge in [-0.3, -0.25) is 0 Å². The zero-order valence-electron chi connectivity index (χ0n) is 14.2. The fourth-order valence-corrected chi connectivity index (χ4v) is 3.79. The highest BCUT2D eigenvalue weighted by Gasteiger charge is 2.20. The van der Waals surface area contributed by atoms with E-state index >= 15 is 0 Å². The Hall–Kier alpha value is -2.26. The minimum Gasteiger partial charge on any atom is -0.497 e. The summed E-state index contributed by atoms with van der Waals surface area (Å²) in [5.41, 5.74) is 4.15. The number of benzene rings is 2. The molecule has 2 aromatic carbocycles. The smallest absolute Gasteiger partial charge is 0.118 e. The molecule has 1 aliphatic heterocycles. The molecule has 1 fully saturated rings. The van der Waals surface area contributed by atoms with Gasteiger partial charge in [-0.25, -0.2) is 0 Å². The lowest BCUT2D eigenvalue weighted by atomic mass is 9.90. The van der Waals surface area contributed by atoms with Crippen molar-refractivity contribution in [2.24, 2.45) is 0 Å². The van der Waals surface area contributed by atoms with E-state index in [1.54, 1.807) is 7.11 Å². The number of para-hydroxylation sites is 1. The van der Waals surface area contributed by atoms with Crippen molar-refractivity contribution < 1.29 is 4.74 Å². The fraction of sp³-hybridized carbons (Fsp3) is 0.333. The molecular weight excluding hydrogens is 296 g/mol. The number of piperidine rings is 1. The third-order valence-corrected chi connectivity index (χ3v) is 5.11. The van der Waals surface area contributed by atoms with E-state index in [1.165, 1.54) is 34.9 Å². The molecule has 1 saturated heterocycles. The quantitative estimate of drug-likeness (QED) is 0.781. The van der Waals surface area contributed by atoms with Crippen molar-refractivity contribution in [2.75, 3.05) is 20.2 Å². The number of methoxy groups -OCH3 is 1. The number of fused-ring (bicyclic) bond motifs is 1. The summed E-state index contributed by atoms with van der Waals surface area (Å²) in [5.74, 6) is 1.58. The van der Waals surface area contributed by atoms with E-state index in [9.17, 15) is 0 Å². The van der Waals surface area contributed by atoms with Gasteiger partial charge in [0.2, 0.25) is 0 Å². The molecule has 3 nitrogen and oxygen atoms in total. The van der Waals surface area contributed by atoms with E-state index in [1.807, 2.05) is 12.1 Å². The Morgan fingerprint density at radius 2 is 1.79 bits per heavy atom. The summed E-state index contributed by atoms with van der Waals surface area (Å²) in [6.07, 6.45) is 4.85. The molecule has 3 aromatic rings. The van der Waals surface area contributed by atoms with E-state index < -0.39 is 0 Å². The molecule has 0 spiro atoms. The maximum atomic E-state index is 5.26. The van der Waals surface area contributed by atoms with Gasteiger partial charge in [0.25, 0.3) is 0 Å². The molecular formula is C21H24N2O. The van der Waals surface area contributed by atoms with Crippen molar-refractivity contribution in [3.05, 3.63) is 65.9 Å². The molecule has 124 valence electrons. The van der Waals surface area contributed by atoms with Crippen LogP contribution in [-0.4, -0.2) is 24.8 Å². The number of aromatic nitrogens is 1. The van der Waals surface area contributed by atoms with Gasteiger partial charge in [0, 0.05) is 23.6 Å². The van der Waals surface area contributed by atoms with E-state index in [0.717, 1.165) is 25.4 Å². The predicted molar refractivity (Wildman–Crippen MR) is 98.9 cm³/mol. The molecule has 1 aliphatic rings. The normalized spacial score (nSPS) is 15.7. The minimum absolute atomic E-state index is 0.674. The second kappa shape index (κ2) is 6.70. The zero-order valence-corrected chi connectivity index (χ0v) is 14.2. The first kappa shape index (κ1) is 15.3. The van der Waals surface area contributed by atoms with Crippen LogP contribution in [0.5, 0.6) is 5.75 Å². The van der Waals surface area contributed by atoms with Gasteiger partial charge in [0.15, 0.2) is 0 Å². The van der Waals surface area contributed by atoms with Crippen LogP contribution in [0.3, 0.4) is 0 Å². The monoisotopic (exact) mass is 320 g/mol. The summed E-state index contributed by atoms with van der Waals surface area (Å²) in [6.45, 7) is 3.15. The largest absolute Gasteiger partial charge is 0.497 e. The van der Waals surface area contributed by atoms with Crippen LogP contribution in [0.2, 0.25) is 0 Å². The van der Waals surface area contributed by atoms with Crippen LogP contribution >= 0.6 is 0 Å². The summed E-state index contributed by atoms with van der Waals surface area (Å²) >= 11 is 0. The number of rotatable bonds is 4. The Bertz CT molecular complexity index is 813. The van der Waals surface area contributed by atoms with Crippen LogP contribution in [0.4, 0.5) is 0 Å². The molecule has 0 aliphatic carbocycles. The number of nitrogens with one attached hydrogen (secondary N) is 1. The molecule has 24 heavy (non-hydrogen) atoms. The van der Waals surface area contributed by atoms with Gasteiger partial charge in [0.05, 0.1) is 7.11 Å². The van der Waals surface area contributed by atoms with Crippen molar-refractivity contribution in [3.8, 4) is 5.75 Å². The Kier molecular flexibility index (Phi) is 4.26. The van der Waals surface area contributed by atoms with Gasteiger partial charge in [-0.15, -0.1) is 0 Å². The first-order valence-electron chi connectivity index (χ1n) is 8.76. The second-order valence-corrected chi connectivity index (χ2v) is 6.60. The van der Waals surface area contributed by atoms with Crippen LogP contribution in [0.1, 0.15) is 29.9 Å². The molecule has 4 rings (SSSR count). The lowest BCUT2D eigenvalue weighted by molar-refractivity contribution is 0.414. The summed E-state index contributed by atoms with van der Waals surface area (Å²) in [5, 5.41) is 4.89. The molecule has 0 saturated carbocycles. The minimum atomic E-state index is 0.674. The van der Waals surface area contributed by atoms with Crippen LogP contribution in [0.15, 0.2) is 54.7 Å². The predicted octanol–water partition coefficient (Wildman–Crippen LogP) is 4.17. The molecule has 0 amide bonds. The number of nitrogens with zero attached hydrogens (tertiary/aromatic N) is 1. The fourth-order valence-electron chi connectivity index (χ4n) is 3.79. The van der Waals surface area contributed by atoms with Gasteiger partial charge < -0.3 is 14.6 Å². The molecule has 3 heteroatoms. The Morgan fingerprint density at radius 3 is 2.54 bits per heavy atom. The van der Waals surface area contributed by atoms with Crippen LogP contribution in [0.25, 0.3) is 10.9 Å².